The maximum Gasteiger partial charge on any atom is 0.194 e. The van der Waals surface area contributed by atoms with E-state index in [1.807, 2.05) is 6.07 Å². The largest absolute Gasteiger partial charge is 0.493 e. The van der Waals surface area contributed by atoms with Gasteiger partial charge in [0, 0.05) is 31.1 Å². The molecule has 0 aliphatic carbocycles. The molecular weight excluding hydrogens is 352 g/mol. The number of methoxy groups -OCH3 is 1. The van der Waals surface area contributed by atoms with Gasteiger partial charge >= 0.3 is 0 Å². The maximum absolute atomic E-state index is 9.61. The lowest BCUT2D eigenvalue weighted by molar-refractivity contribution is -0.00225. The van der Waals surface area contributed by atoms with Crippen LogP contribution in [0.1, 0.15) is 47.6 Å². The SMILES string of the molecule is COc1cc2c(cc1O[C@H](C)O)CCN1C[C@@H](c3cccc(C)c3)C(N)C[C@H]21. The fraction of sp³-hybridized carbons (Fsp3) is 0.478. The molecule has 5 nitrogen and oxygen atoms in total. The van der Waals surface area contributed by atoms with Crippen molar-refractivity contribution in [1.29, 1.82) is 0 Å². The first-order valence-electron chi connectivity index (χ1n) is 10.1. The van der Waals surface area contributed by atoms with Gasteiger partial charge in [-0.25, -0.2) is 0 Å². The summed E-state index contributed by atoms with van der Waals surface area (Å²) in [4.78, 5) is 2.56. The molecule has 1 fully saturated rings. The number of nitrogens with two attached hydrogens (primary N) is 1. The molecule has 2 aliphatic heterocycles. The van der Waals surface area contributed by atoms with Crippen LogP contribution < -0.4 is 15.2 Å². The zero-order chi connectivity index (χ0) is 19.8. The Kier molecular flexibility index (Phi) is 5.32. The first-order chi connectivity index (χ1) is 13.5. The van der Waals surface area contributed by atoms with Gasteiger partial charge in [0.1, 0.15) is 0 Å². The number of nitrogens with zero attached hydrogens (tertiary/aromatic N) is 1. The van der Waals surface area contributed by atoms with Gasteiger partial charge < -0.3 is 20.3 Å². The van der Waals surface area contributed by atoms with Crippen molar-refractivity contribution in [2.75, 3.05) is 20.2 Å². The number of hydrogen-bond acceptors (Lipinski definition) is 5. The van der Waals surface area contributed by atoms with Crippen molar-refractivity contribution in [2.45, 2.75) is 51.0 Å². The number of benzene rings is 2. The van der Waals surface area contributed by atoms with Crippen molar-refractivity contribution < 1.29 is 14.6 Å². The van der Waals surface area contributed by atoms with E-state index in [1.165, 1.54) is 22.3 Å². The number of rotatable bonds is 4. The molecule has 0 radical (unpaired) electrons. The van der Waals surface area contributed by atoms with Crippen LogP contribution >= 0.6 is 0 Å². The van der Waals surface area contributed by atoms with Gasteiger partial charge in [0.2, 0.25) is 0 Å². The third kappa shape index (κ3) is 3.62. The minimum absolute atomic E-state index is 0.119. The predicted octanol–water partition coefficient (Wildman–Crippen LogP) is 3.13. The van der Waals surface area contributed by atoms with Crippen molar-refractivity contribution in [3.8, 4) is 11.5 Å². The summed E-state index contributed by atoms with van der Waals surface area (Å²) in [7, 11) is 1.64. The Morgan fingerprint density at radius 2 is 2.04 bits per heavy atom. The van der Waals surface area contributed by atoms with Crippen LogP contribution in [0.15, 0.2) is 36.4 Å². The van der Waals surface area contributed by atoms with E-state index in [9.17, 15) is 5.11 Å². The number of aliphatic hydroxyl groups excluding tert-OH is 1. The standard InChI is InChI=1S/C23H30N2O3/c1-14-5-4-6-16(9-14)19-13-25-8-7-17-10-23(28-15(2)26)22(27-3)11-18(17)21(25)12-20(19)24/h4-6,9-11,15,19-21,26H,7-8,12-13,24H2,1-3H3/t15-,19+,20?,21-/m1/s1. The van der Waals surface area contributed by atoms with Gasteiger partial charge in [-0.3, -0.25) is 4.90 Å². The second-order valence-corrected chi connectivity index (χ2v) is 8.10. The average molecular weight is 383 g/mol. The molecule has 1 saturated heterocycles. The average Bonchev–Trinajstić information content (AvgIpc) is 2.66. The van der Waals surface area contributed by atoms with Crippen LogP contribution in [0, 0.1) is 6.92 Å². The molecule has 1 unspecified atom stereocenters. The van der Waals surface area contributed by atoms with Gasteiger partial charge in [-0.1, -0.05) is 29.8 Å². The lowest BCUT2D eigenvalue weighted by Gasteiger charge is -2.46. The summed E-state index contributed by atoms with van der Waals surface area (Å²) in [6.07, 6.45) is 1.01. The second-order valence-electron chi connectivity index (χ2n) is 8.10. The number of aryl methyl sites for hydroxylation is 1. The summed E-state index contributed by atoms with van der Waals surface area (Å²) in [5.74, 6) is 1.62. The molecule has 2 aliphatic rings. The molecule has 4 atom stereocenters. The highest BCUT2D eigenvalue weighted by Crippen LogP contribution is 2.44. The topological polar surface area (TPSA) is 68.0 Å². The Bertz CT molecular complexity index is 852. The van der Waals surface area contributed by atoms with Gasteiger partial charge in [-0.05, 0) is 55.5 Å². The summed E-state index contributed by atoms with van der Waals surface area (Å²) < 4.78 is 11.1. The van der Waals surface area contributed by atoms with Gasteiger partial charge in [0.05, 0.1) is 7.11 Å². The lowest BCUT2D eigenvalue weighted by atomic mass is 9.78. The van der Waals surface area contributed by atoms with Crippen molar-refractivity contribution in [2.24, 2.45) is 5.73 Å². The number of ether oxygens (including phenoxy) is 2. The number of fused-ring (bicyclic) bond motifs is 3. The van der Waals surface area contributed by atoms with Crippen molar-refractivity contribution >= 4 is 0 Å². The second kappa shape index (κ2) is 7.74. The molecule has 3 N–H and O–H groups in total. The Morgan fingerprint density at radius 3 is 2.75 bits per heavy atom. The predicted molar refractivity (Wildman–Crippen MR) is 110 cm³/mol. The lowest BCUT2D eigenvalue weighted by Crippen LogP contribution is -2.49. The first-order valence-corrected chi connectivity index (χ1v) is 10.1. The molecule has 0 bridgehead atoms. The third-order valence-electron chi connectivity index (χ3n) is 6.10. The monoisotopic (exact) mass is 382 g/mol. The molecule has 0 aromatic heterocycles. The molecule has 4 rings (SSSR count). The van der Waals surface area contributed by atoms with Crippen LogP contribution in [-0.4, -0.2) is 42.5 Å². The normalized spacial score (nSPS) is 25.5. The molecule has 2 heterocycles. The highest BCUT2D eigenvalue weighted by Gasteiger charge is 2.38. The summed E-state index contributed by atoms with van der Waals surface area (Å²) in [5.41, 5.74) is 11.8. The molecule has 0 spiro atoms. The van der Waals surface area contributed by atoms with Crippen LogP contribution in [0.25, 0.3) is 0 Å². The van der Waals surface area contributed by atoms with Crippen molar-refractivity contribution in [3.63, 3.8) is 0 Å². The first kappa shape index (κ1) is 19.2. The molecule has 5 heteroatoms. The molecular formula is C23H30N2O3. The zero-order valence-electron chi connectivity index (χ0n) is 16.9. The smallest absolute Gasteiger partial charge is 0.194 e. The van der Waals surface area contributed by atoms with E-state index in [-0.39, 0.29) is 6.04 Å². The highest BCUT2D eigenvalue weighted by molar-refractivity contribution is 5.50. The zero-order valence-corrected chi connectivity index (χ0v) is 16.9. The highest BCUT2D eigenvalue weighted by atomic mass is 16.6. The molecule has 2 aromatic carbocycles. The van der Waals surface area contributed by atoms with E-state index in [4.69, 9.17) is 15.2 Å². The Labute approximate surface area is 167 Å². The van der Waals surface area contributed by atoms with E-state index < -0.39 is 6.29 Å². The van der Waals surface area contributed by atoms with Crippen molar-refractivity contribution in [1.82, 2.24) is 4.90 Å². The fourth-order valence-corrected chi connectivity index (χ4v) is 4.75. The maximum atomic E-state index is 9.61. The van der Waals surface area contributed by atoms with Gasteiger partial charge in [-0.2, -0.15) is 0 Å². The van der Waals surface area contributed by atoms with Crippen LogP contribution in [0.3, 0.4) is 0 Å². The molecule has 0 saturated carbocycles. The Balaban J connectivity index is 1.62. The number of hydrogen-bond donors (Lipinski definition) is 2. The van der Waals surface area contributed by atoms with Crippen molar-refractivity contribution in [3.05, 3.63) is 58.7 Å². The van der Waals surface area contributed by atoms with Crippen LogP contribution in [0.2, 0.25) is 0 Å². The Morgan fingerprint density at radius 1 is 1.21 bits per heavy atom. The molecule has 28 heavy (non-hydrogen) atoms. The van der Waals surface area contributed by atoms with E-state index >= 15 is 0 Å². The van der Waals surface area contributed by atoms with E-state index in [2.05, 4.69) is 42.2 Å². The summed E-state index contributed by atoms with van der Waals surface area (Å²) >= 11 is 0. The summed E-state index contributed by atoms with van der Waals surface area (Å²) in [5, 5.41) is 9.61. The summed E-state index contributed by atoms with van der Waals surface area (Å²) in [6, 6.07) is 13.3. The van der Waals surface area contributed by atoms with Gasteiger partial charge in [-0.15, -0.1) is 0 Å². The fourth-order valence-electron chi connectivity index (χ4n) is 4.75. The molecule has 0 amide bonds. The Hall–Kier alpha value is -2.08. The van der Waals surface area contributed by atoms with Crippen LogP contribution in [-0.2, 0) is 6.42 Å². The van der Waals surface area contributed by atoms with Gasteiger partial charge in [0.25, 0.3) is 0 Å². The van der Waals surface area contributed by atoms with E-state index in [0.29, 0.717) is 23.5 Å². The molecule has 2 aromatic rings. The number of piperidine rings is 1. The number of aliphatic hydroxyl groups is 1. The minimum atomic E-state index is -0.870. The van der Waals surface area contributed by atoms with Crippen LogP contribution in [0.5, 0.6) is 11.5 Å². The van der Waals surface area contributed by atoms with Crippen LogP contribution in [0.4, 0.5) is 0 Å². The van der Waals surface area contributed by atoms with E-state index in [0.717, 1.165) is 25.9 Å². The molecule has 150 valence electrons. The third-order valence-corrected chi connectivity index (χ3v) is 6.10. The van der Waals surface area contributed by atoms with E-state index in [1.54, 1.807) is 14.0 Å². The van der Waals surface area contributed by atoms with Gasteiger partial charge in [0.15, 0.2) is 17.8 Å². The minimum Gasteiger partial charge on any atom is -0.493 e. The quantitative estimate of drug-likeness (QED) is 0.795. The summed E-state index contributed by atoms with van der Waals surface area (Å²) in [6.45, 7) is 5.72.